The maximum absolute atomic E-state index is 12.6. The van der Waals surface area contributed by atoms with Crippen molar-refractivity contribution in [2.75, 3.05) is 0 Å². The molecule has 0 saturated carbocycles. The van der Waals surface area contributed by atoms with Gasteiger partial charge in [-0.15, -0.1) is 0 Å². The number of hydrogen-bond donors (Lipinski definition) is 3. The van der Waals surface area contributed by atoms with Gasteiger partial charge in [0.25, 0.3) is 0 Å². The molecule has 0 aromatic carbocycles. The Bertz CT molecular complexity index is 581. The average Bonchev–Trinajstić information content (AvgIpc) is 2.13. The van der Waals surface area contributed by atoms with Crippen molar-refractivity contribution in [3.05, 3.63) is 0 Å². The summed E-state index contributed by atoms with van der Waals surface area (Å²) in [5, 5.41) is 16.1. The van der Waals surface area contributed by atoms with Crippen LogP contribution in [0.2, 0.25) is 0 Å². The summed E-state index contributed by atoms with van der Waals surface area (Å²) >= 11 is 0. The minimum atomic E-state index is -6.58. The molecule has 0 heterocycles. The van der Waals surface area contributed by atoms with Gasteiger partial charge in [-0.3, -0.25) is 4.55 Å². The third kappa shape index (κ3) is 4.97. The molecule has 0 amide bonds. The minimum absolute atomic E-state index is 0. The molecule has 3 N–H and O–H groups in total. The van der Waals surface area contributed by atoms with Gasteiger partial charge in [0.15, 0.2) is 0 Å². The van der Waals surface area contributed by atoms with E-state index in [-0.39, 0.29) is 18.9 Å². The fourth-order valence-electron chi connectivity index (χ4n) is 0.455. The van der Waals surface area contributed by atoms with Crippen LogP contribution < -0.4 is 0 Å². The molecule has 0 radical (unpaired) electrons. The van der Waals surface area contributed by atoms with Crippen molar-refractivity contribution in [1.82, 2.24) is 0 Å². The average molecular weight is 336 g/mol. The van der Waals surface area contributed by atoms with Crippen LogP contribution in [0.1, 0.15) is 0 Å². The molecule has 0 saturated heterocycles. The van der Waals surface area contributed by atoms with E-state index in [1.54, 1.807) is 0 Å². The molecule has 0 aromatic rings. The van der Waals surface area contributed by atoms with Crippen LogP contribution in [0.25, 0.3) is 0 Å². The zero-order chi connectivity index (χ0) is 15.6. The third-order valence-electron chi connectivity index (χ3n) is 1.16. The molecule has 0 unspecified atom stereocenters. The van der Waals surface area contributed by atoms with Crippen molar-refractivity contribution in [3.63, 3.8) is 0 Å². The molecular formula is C3H4BF2LiO11S2. The molecule has 20 heavy (non-hydrogen) atoms. The van der Waals surface area contributed by atoms with Gasteiger partial charge in [-0.25, -0.2) is 9.59 Å². The fraction of sp³-hybridized carbons (Fsp3) is 0.333. The molecule has 0 aromatic heterocycles. The van der Waals surface area contributed by atoms with E-state index < -0.39 is 44.1 Å². The molecule has 0 aliphatic rings. The van der Waals surface area contributed by atoms with Crippen LogP contribution in [0.4, 0.5) is 8.78 Å². The Morgan fingerprint density at radius 2 is 1.45 bits per heavy atom. The molecule has 0 spiro atoms. The van der Waals surface area contributed by atoms with Crippen molar-refractivity contribution < 1.29 is 58.6 Å². The quantitative estimate of drug-likeness (QED) is 0.198. The molecule has 0 aliphatic heterocycles. The van der Waals surface area contributed by atoms with Crippen molar-refractivity contribution in [1.29, 1.82) is 0 Å². The summed E-state index contributed by atoms with van der Waals surface area (Å²) in [5.74, 6) is -5.12. The first kappa shape index (κ1) is 21.5. The van der Waals surface area contributed by atoms with Crippen molar-refractivity contribution in [2.45, 2.75) is 4.59 Å². The molecule has 0 bridgehead atoms. The fourth-order valence-corrected chi connectivity index (χ4v) is 1.95. The Morgan fingerprint density at radius 3 is 1.75 bits per heavy atom. The van der Waals surface area contributed by atoms with Gasteiger partial charge in [0.1, 0.15) is 0 Å². The van der Waals surface area contributed by atoms with Gasteiger partial charge in [0, 0.05) is 0 Å². The van der Waals surface area contributed by atoms with Gasteiger partial charge < -0.3 is 18.9 Å². The molecular weight excluding hydrogens is 332 g/mol. The van der Waals surface area contributed by atoms with Gasteiger partial charge in [-0.05, 0) is 0 Å². The van der Waals surface area contributed by atoms with Gasteiger partial charge in [0.05, 0.1) is 0 Å². The van der Waals surface area contributed by atoms with Crippen LogP contribution in [0.3, 0.4) is 0 Å². The van der Waals surface area contributed by atoms with E-state index in [0.29, 0.717) is 0 Å². The van der Waals surface area contributed by atoms with Crippen molar-refractivity contribution in [3.8, 4) is 0 Å². The number of rotatable bonds is 4. The second kappa shape index (κ2) is 6.80. The number of hydrogen-bond acceptors (Lipinski definition) is 10. The summed E-state index contributed by atoms with van der Waals surface area (Å²) in [6, 6.07) is 0. The summed E-state index contributed by atoms with van der Waals surface area (Å²) in [7, 11) is -16.0. The molecule has 17 heteroatoms. The second-order valence-corrected chi connectivity index (χ2v) is 5.80. The Morgan fingerprint density at radius 1 is 1.05 bits per heavy atom. The molecule has 112 valence electrons. The van der Waals surface area contributed by atoms with E-state index in [9.17, 15) is 35.2 Å². The summed E-state index contributed by atoms with van der Waals surface area (Å²) in [5.41, 5.74) is 0. The SMILES string of the molecule is O=C(OB(O)O)C(=O)OS(=O)(=O)C(F)(F)S(=O)(=O)O.[LiH]. The Labute approximate surface area is 122 Å². The second-order valence-electron chi connectivity index (χ2n) is 2.49. The van der Waals surface area contributed by atoms with E-state index in [4.69, 9.17) is 14.6 Å². The predicted octanol–water partition coefficient (Wildman–Crippen LogP) is -3.84. The Hall–Kier alpha value is -0.758. The summed E-state index contributed by atoms with van der Waals surface area (Å²) < 4.78 is 74.8. The van der Waals surface area contributed by atoms with Gasteiger partial charge in [0.2, 0.25) is 0 Å². The topological polar surface area (TPSA) is 182 Å². The number of halogens is 2. The van der Waals surface area contributed by atoms with E-state index in [1.807, 2.05) is 0 Å². The first-order valence-electron chi connectivity index (χ1n) is 3.62. The molecule has 0 atom stereocenters. The monoisotopic (exact) mass is 336 g/mol. The van der Waals surface area contributed by atoms with E-state index >= 15 is 0 Å². The number of carbonyl (C=O) groups excluding carboxylic acids is 2. The predicted molar refractivity (Wildman–Crippen MR) is 54.9 cm³/mol. The van der Waals surface area contributed by atoms with Crippen LogP contribution in [0.5, 0.6) is 0 Å². The zero-order valence-corrected chi connectivity index (χ0v) is 9.89. The standard InChI is InChI=1S/C3H3BF2O11S2.Li.H/c5-3(6,18(11,12)13)19(14,15)17-2(8)1(7)16-4(9)10;;/h9-10H,(H,11,12,13);;. The van der Waals surface area contributed by atoms with Crippen LogP contribution in [-0.2, 0) is 38.7 Å². The van der Waals surface area contributed by atoms with E-state index in [2.05, 4.69) is 8.84 Å². The Balaban J connectivity index is 0. The van der Waals surface area contributed by atoms with Gasteiger partial charge in [-0.1, -0.05) is 0 Å². The van der Waals surface area contributed by atoms with Crippen LogP contribution >= 0.6 is 0 Å². The zero-order valence-electron chi connectivity index (χ0n) is 8.26. The van der Waals surface area contributed by atoms with Crippen LogP contribution in [0.15, 0.2) is 0 Å². The number of carbonyl (C=O) groups is 2. The first-order chi connectivity index (χ1) is 8.22. The summed E-state index contributed by atoms with van der Waals surface area (Å²) in [6.07, 6.45) is 0. The molecule has 0 fully saturated rings. The Kier molecular flexibility index (Phi) is 7.32. The molecule has 0 rings (SSSR count). The molecule has 0 aliphatic carbocycles. The number of alkyl halides is 2. The van der Waals surface area contributed by atoms with Gasteiger partial charge in [-0.2, -0.15) is 25.6 Å². The normalized spacial score (nSPS) is 12.1. The van der Waals surface area contributed by atoms with E-state index in [1.165, 1.54) is 0 Å². The van der Waals surface area contributed by atoms with Crippen molar-refractivity contribution >= 4 is 58.4 Å². The summed E-state index contributed by atoms with van der Waals surface area (Å²) in [6.45, 7) is 0. The van der Waals surface area contributed by atoms with Crippen LogP contribution in [-0.4, -0.2) is 74.1 Å². The van der Waals surface area contributed by atoms with E-state index in [0.717, 1.165) is 0 Å². The van der Waals surface area contributed by atoms with Crippen molar-refractivity contribution in [2.24, 2.45) is 0 Å². The third-order valence-corrected chi connectivity index (χ3v) is 3.95. The van der Waals surface area contributed by atoms with Gasteiger partial charge >= 0.3 is 62.9 Å². The van der Waals surface area contributed by atoms with Crippen LogP contribution in [0, 0.1) is 0 Å². The maximum atomic E-state index is 12.6. The molecule has 11 nitrogen and oxygen atoms in total. The first-order valence-corrected chi connectivity index (χ1v) is 6.47. The summed E-state index contributed by atoms with van der Waals surface area (Å²) in [4.78, 5) is 21.0.